The van der Waals surface area contributed by atoms with E-state index >= 15 is 0 Å². The highest BCUT2D eigenvalue weighted by Crippen LogP contribution is 2.35. The van der Waals surface area contributed by atoms with Crippen LogP contribution in [0.4, 0.5) is 5.69 Å². The summed E-state index contributed by atoms with van der Waals surface area (Å²) in [5, 5.41) is 2.76. The van der Waals surface area contributed by atoms with E-state index in [4.69, 9.17) is 18.9 Å². The predicted octanol–water partition coefficient (Wildman–Crippen LogP) is 3.66. The Morgan fingerprint density at radius 3 is 2.22 bits per heavy atom. The van der Waals surface area contributed by atoms with Gasteiger partial charge in [0.25, 0.3) is 0 Å². The van der Waals surface area contributed by atoms with E-state index in [-0.39, 0.29) is 40.9 Å². The zero-order valence-corrected chi connectivity index (χ0v) is 22.8. The molecule has 37 heavy (non-hydrogen) atoms. The van der Waals surface area contributed by atoms with Crippen LogP contribution in [0, 0.1) is 5.92 Å². The van der Waals surface area contributed by atoms with Crippen LogP contribution in [-0.2, 0) is 19.6 Å². The highest BCUT2D eigenvalue weighted by Gasteiger charge is 2.35. The first-order chi connectivity index (χ1) is 17.6. The number of rotatable bonds is 9. The van der Waals surface area contributed by atoms with Crippen molar-refractivity contribution in [3.05, 3.63) is 41.5 Å². The van der Waals surface area contributed by atoms with Gasteiger partial charge in [0.15, 0.2) is 11.5 Å². The fourth-order valence-corrected chi connectivity index (χ4v) is 5.98. The van der Waals surface area contributed by atoms with Gasteiger partial charge in [-0.2, -0.15) is 4.31 Å². The molecule has 0 unspecified atom stereocenters. The minimum Gasteiger partial charge on any atom is -0.495 e. The summed E-state index contributed by atoms with van der Waals surface area (Å²) in [6.45, 7) is 4.24. The summed E-state index contributed by atoms with van der Waals surface area (Å²) in [7, 11) is 1.60. The zero-order valence-electron chi connectivity index (χ0n) is 22.0. The van der Waals surface area contributed by atoms with Crippen molar-refractivity contribution in [1.82, 2.24) is 4.31 Å². The minimum atomic E-state index is -3.93. The van der Waals surface area contributed by atoms with Gasteiger partial charge in [-0.05, 0) is 36.5 Å². The molecule has 11 heteroatoms. The molecule has 0 aliphatic carbocycles. The fraction of sp³-hybridized carbons (Fsp3) is 0.462. The number of esters is 1. The largest absolute Gasteiger partial charge is 0.495 e. The van der Waals surface area contributed by atoms with E-state index in [1.54, 1.807) is 12.1 Å². The Labute approximate surface area is 217 Å². The van der Waals surface area contributed by atoms with Crippen LogP contribution < -0.4 is 19.5 Å². The molecule has 3 rings (SSSR count). The van der Waals surface area contributed by atoms with Crippen molar-refractivity contribution < 1.29 is 37.0 Å². The maximum Gasteiger partial charge on any atom is 0.340 e. The maximum atomic E-state index is 13.6. The van der Waals surface area contributed by atoms with Crippen molar-refractivity contribution >= 4 is 27.6 Å². The highest BCUT2D eigenvalue weighted by atomic mass is 32.2. The first kappa shape index (κ1) is 28.3. The Morgan fingerprint density at radius 1 is 0.973 bits per heavy atom. The zero-order chi connectivity index (χ0) is 27.3. The number of hydrogen-bond donors (Lipinski definition) is 1. The number of nitrogens with one attached hydrogen (secondary N) is 1. The molecule has 1 aliphatic rings. The van der Waals surface area contributed by atoms with Gasteiger partial charge in [-0.1, -0.05) is 19.9 Å². The van der Waals surface area contributed by atoms with Gasteiger partial charge in [0.2, 0.25) is 15.9 Å². The Kier molecular flexibility index (Phi) is 9.03. The normalized spacial score (nSPS) is 16.2. The van der Waals surface area contributed by atoms with Crippen LogP contribution in [-0.4, -0.2) is 66.1 Å². The quantitative estimate of drug-likeness (QED) is 0.484. The summed E-state index contributed by atoms with van der Waals surface area (Å²) < 4.78 is 49.3. The number of benzene rings is 2. The van der Waals surface area contributed by atoms with Crippen molar-refractivity contribution in [3.8, 4) is 17.2 Å². The summed E-state index contributed by atoms with van der Waals surface area (Å²) in [5.74, 6) is -0.721. The van der Waals surface area contributed by atoms with Gasteiger partial charge >= 0.3 is 5.97 Å². The monoisotopic (exact) mass is 534 g/mol. The van der Waals surface area contributed by atoms with Gasteiger partial charge in [-0.15, -0.1) is 0 Å². The second-order valence-corrected chi connectivity index (χ2v) is 10.9. The second-order valence-electron chi connectivity index (χ2n) is 9.00. The van der Waals surface area contributed by atoms with E-state index < -0.39 is 27.8 Å². The Bertz CT molecular complexity index is 1260. The second kappa shape index (κ2) is 11.8. The molecule has 1 heterocycles. The summed E-state index contributed by atoms with van der Waals surface area (Å²) in [6, 6.07) is 8.03. The molecule has 1 amide bonds. The van der Waals surface area contributed by atoms with Crippen LogP contribution in [0.25, 0.3) is 0 Å². The summed E-state index contributed by atoms with van der Waals surface area (Å²) in [6.07, 6.45) is 0.987. The number of amides is 1. The average molecular weight is 535 g/mol. The van der Waals surface area contributed by atoms with E-state index in [9.17, 15) is 18.0 Å². The van der Waals surface area contributed by atoms with E-state index in [0.29, 0.717) is 24.3 Å². The van der Waals surface area contributed by atoms with Crippen LogP contribution in [0.15, 0.2) is 35.2 Å². The van der Waals surface area contributed by atoms with Crippen LogP contribution in [0.1, 0.15) is 48.5 Å². The van der Waals surface area contributed by atoms with E-state index in [1.165, 1.54) is 44.9 Å². The van der Waals surface area contributed by atoms with E-state index in [2.05, 4.69) is 5.32 Å². The topological polar surface area (TPSA) is 120 Å². The highest BCUT2D eigenvalue weighted by molar-refractivity contribution is 7.89. The molecule has 0 spiro atoms. The van der Waals surface area contributed by atoms with Crippen LogP contribution >= 0.6 is 0 Å². The minimum absolute atomic E-state index is 0.00985. The van der Waals surface area contributed by atoms with Crippen molar-refractivity contribution in [2.75, 3.05) is 46.8 Å². The first-order valence-corrected chi connectivity index (χ1v) is 13.3. The number of piperidine rings is 1. The van der Waals surface area contributed by atoms with Crippen LogP contribution in [0.2, 0.25) is 0 Å². The Balaban J connectivity index is 1.88. The third-order valence-corrected chi connectivity index (χ3v) is 8.30. The predicted molar refractivity (Wildman–Crippen MR) is 138 cm³/mol. The molecular weight excluding hydrogens is 500 g/mol. The van der Waals surface area contributed by atoms with Gasteiger partial charge in [-0.25, -0.2) is 13.2 Å². The van der Waals surface area contributed by atoms with E-state index in [0.717, 1.165) is 5.56 Å². The van der Waals surface area contributed by atoms with Gasteiger partial charge in [0.1, 0.15) is 10.6 Å². The van der Waals surface area contributed by atoms with Crippen molar-refractivity contribution in [2.24, 2.45) is 5.92 Å². The number of sulfonamides is 1. The molecule has 1 saturated heterocycles. The molecule has 2 aromatic carbocycles. The van der Waals surface area contributed by atoms with Gasteiger partial charge in [0, 0.05) is 25.2 Å². The Hall–Kier alpha value is -3.31. The third kappa shape index (κ3) is 5.99. The van der Waals surface area contributed by atoms with Crippen molar-refractivity contribution in [2.45, 2.75) is 37.5 Å². The summed E-state index contributed by atoms with van der Waals surface area (Å²) in [5.41, 5.74) is 1.14. The standard InChI is InChI=1S/C26H34N2O8S/c1-16(2)17-9-10-21(33-3)24(12-17)37(31,32)28-11-7-8-18(15-28)25(29)27-20-14-23(35-5)22(34-4)13-19(20)26(30)36-6/h9-10,12-14,16,18H,7-8,11,15H2,1-6H3,(H,27,29)/t18-/m1/s1. The number of ether oxygens (including phenoxy) is 4. The molecule has 0 bridgehead atoms. The lowest BCUT2D eigenvalue weighted by Crippen LogP contribution is -2.43. The van der Waals surface area contributed by atoms with Gasteiger partial charge in [0.05, 0.1) is 45.6 Å². The summed E-state index contributed by atoms with van der Waals surface area (Å²) in [4.78, 5) is 25.7. The van der Waals surface area contributed by atoms with Crippen LogP contribution in [0.3, 0.4) is 0 Å². The summed E-state index contributed by atoms with van der Waals surface area (Å²) >= 11 is 0. The molecule has 2 aromatic rings. The lowest BCUT2D eigenvalue weighted by molar-refractivity contribution is -0.120. The third-order valence-electron chi connectivity index (χ3n) is 6.41. The molecule has 1 fully saturated rings. The number of nitrogens with zero attached hydrogens (tertiary/aromatic N) is 1. The van der Waals surface area contributed by atoms with Crippen molar-refractivity contribution in [3.63, 3.8) is 0 Å². The SMILES string of the molecule is COC(=O)c1cc(OC)c(OC)cc1NC(=O)[C@@H]1CCCN(S(=O)(=O)c2cc(C(C)C)ccc2OC)C1. The number of carbonyl (C=O) groups is 2. The molecule has 0 aromatic heterocycles. The molecule has 202 valence electrons. The number of carbonyl (C=O) groups excluding carboxylic acids is 2. The Morgan fingerprint density at radius 2 is 1.62 bits per heavy atom. The smallest absolute Gasteiger partial charge is 0.340 e. The first-order valence-electron chi connectivity index (χ1n) is 11.9. The number of anilines is 1. The molecule has 1 aliphatic heterocycles. The molecular formula is C26H34N2O8S. The average Bonchev–Trinajstić information content (AvgIpc) is 2.91. The molecule has 1 atom stereocenters. The molecule has 0 saturated carbocycles. The molecule has 1 N–H and O–H groups in total. The van der Waals surface area contributed by atoms with Crippen molar-refractivity contribution in [1.29, 1.82) is 0 Å². The van der Waals surface area contributed by atoms with E-state index in [1.807, 2.05) is 19.9 Å². The molecule has 0 radical (unpaired) electrons. The fourth-order valence-electron chi connectivity index (χ4n) is 4.26. The molecule has 10 nitrogen and oxygen atoms in total. The number of hydrogen-bond acceptors (Lipinski definition) is 8. The maximum absolute atomic E-state index is 13.6. The van der Waals surface area contributed by atoms with Gasteiger partial charge in [-0.3, -0.25) is 4.79 Å². The number of methoxy groups -OCH3 is 4. The lowest BCUT2D eigenvalue weighted by Gasteiger charge is -2.32. The van der Waals surface area contributed by atoms with Gasteiger partial charge < -0.3 is 24.3 Å². The lowest BCUT2D eigenvalue weighted by atomic mass is 9.98. The van der Waals surface area contributed by atoms with Crippen LogP contribution in [0.5, 0.6) is 17.2 Å².